The third-order valence-electron chi connectivity index (χ3n) is 1.63. The molecular formula is C7H15NO2. The maximum Gasteiger partial charge on any atom is 0.0933 e. The van der Waals surface area contributed by atoms with Crippen LogP contribution in [0.5, 0.6) is 0 Å². The third-order valence-corrected chi connectivity index (χ3v) is 1.63. The largest absolute Gasteiger partial charge is 0.382 e. The summed E-state index contributed by atoms with van der Waals surface area (Å²) in [6.45, 7) is 4.52. The zero-order chi connectivity index (χ0) is 7.40. The zero-order valence-corrected chi connectivity index (χ0v) is 6.59. The second kappa shape index (κ2) is 3.91. The van der Waals surface area contributed by atoms with E-state index in [2.05, 4.69) is 12.2 Å². The molecule has 1 fully saturated rings. The van der Waals surface area contributed by atoms with Crippen LogP contribution in [0, 0.1) is 0 Å². The highest BCUT2D eigenvalue weighted by Gasteiger charge is 2.16. The first-order valence-corrected chi connectivity index (χ1v) is 3.67. The molecular weight excluding hydrogens is 130 g/mol. The van der Waals surface area contributed by atoms with Crippen molar-refractivity contribution in [1.82, 2.24) is 5.32 Å². The number of methoxy groups -OCH3 is 1. The van der Waals surface area contributed by atoms with Crippen LogP contribution in [0.3, 0.4) is 0 Å². The van der Waals surface area contributed by atoms with Gasteiger partial charge in [-0.05, 0) is 6.92 Å². The zero-order valence-electron chi connectivity index (χ0n) is 6.59. The Bertz CT molecular complexity index is 89.6. The van der Waals surface area contributed by atoms with Crippen LogP contribution in [-0.4, -0.2) is 39.0 Å². The van der Waals surface area contributed by atoms with Crippen LogP contribution in [0.2, 0.25) is 0 Å². The average molecular weight is 145 g/mol. The van der Waals surface area contributed by atoms with Gasteiger partial charge in [-0.25, -0.2) is 0 Å². The van der Waals surface area contributed by atoms with E-state index in [9.17, 15) is 0 Å². The quantitative estimate of drug-likeness (QED) is 0.593. The molecule has 0 spiro atoms. The molecule has 0 aliphatic carbocycles. The van der Waals surface area contributed by atoms with E-state index in [1.165, 1.54) is 0 Å². The molecule has 1 N–H and O–H groups in total. The van der Waals surface area contributed by atoms with Crippen molar-refractivity contribution in [2.45, 2.75) is 19.1 Å². The van der Waals surface area contributed by atoms with E-state index >= 15 is 0 Å². The van der Waals surface area contributed by atoms with Crippen LogP contribution >= 0.6 is 0 Å². The van der Waals surface area contributed by atoms with Gasteiger partial charge in [0.2, 0.25) is 0 Å². The summed E-state index contributed by atoms with van der Waals surface area (Å²) in [5, 5.41) is 3.31. The van der Waals surface area contributed by atoms with Crippen molar-refractivity contribution < 1.29 is 9.47 Å². The summed E-state index contributed by atoms with van der Waals surface area (Å²) < 4.78 is 10.4. The van der Waals surface area contributed by atoms with Gasteiger partial charge in [0.05, 0.1) is 19.3 Å². The monoisotopic (exact) mass is 145 g/mol. The lowest BCUT2D eigenvalue weighted by atomic mass is 10.2. The molecule has 0 aromatic carbocycles. The fourth-order valence-electron chi connectivity index (χ4n) is 1.02. The number of morpholine rings is 1. The molecule has 3 heteroatoms. The second-order valence-electron chi connectivity index (χ2n) is 2.72. The van der Waals surface area contributed by atoms with Crippen molar-refractivity contribution in [1.29, 1.82) is 0 Å². The van der Waals surface area contributed by atoms with Gasteiger partial charge in [0, 0.05) is 19.7 Å². The molecule has 1 aliphatic rings. The molecule has 1 aliphatic heterocycles. The van der Waals surface area contributed by atoms with Crippen molar-refractivity contribution in [2.75, 3.05) is 26.9 Å². The average Bonchev–Trinajstić information content (AvgIpc) is 1.95. The predicted molar refractivity (Wildman–Crippen MR) is 39.1 cm³/mol. The molecule has 1 saturated heterocycles. The standard InChI is InChI=1S/C7H15NO2/c1-6-4-10-7(3-8-6)5-9-2/h6-8H,3-5H2,1-2H3/t6-,7-/m0/s1. The van der Waals surface area contributed by atoms with Crippen LogP contribution in [0.15, 0.2) is 0 Å². The summed E-state index contributed by atoms with van der Waals surface area (Å²) in [6, 6.07) is 0.494. The smallest absolute Gasteiger partial charge is 0.0933 e. The van der Waals surface area contributed by atoms with Crippen LogP contribution < -0.4 is 5.32 Å². The Balaban J connectivity index is 2.13. The lowest BCUT2D eigenvalue weighted by molar-refractivity contribution is -0.0330. The van der Waals surface area contributed by atoms with Gasteiger partial charge >= 0.3 is 0 Å². The third kappa shape index (κ3) is 2.25. The van der Waals surface area contributed by atoms with Crippen molar-refractivity contribution >= 4 is 0 Å². The normalized spacial score (nSPS) is 34.2. The van der Waals surface area contributed by atoms with E-state index in [4.69, 9.17) is 9.47 Å². The molecule has 1 heterocycles. The Hall–Kier alpha value is -0.120. The van der Waals surface area contributed by atoms with Gasteiger partial charge in [0.1, 0.15) is 0 Å². The number of hydrogen-bond donors (Lipinski definition) is 1. The Labute approximate surface area is 61.7 Å². The Kier molecular flexibility index (Phi) is 3.12. The van der Waals surface area contributed by atoms with Gasteiger partial charge in [0.25, 0.3) is 0 Å². The molecule has 1 rings (SSSR count). The minimum atomic E-state index is 0.251. The van der Waals surface area contributed by atoms with Gasteiger partial charge in [-0.2, -0.15) is 0 Å². The van der Waals surface area contributed by atoms with Gasteiger partial charge in [-0.1, -0.05) is 0 Å². The van der Waals surface area contributed by atoms with Crippen molar-refractivity contribution in [3.05, 3.63) is 0 Å². The van der Waals surface area contributed by atoms with Crippen LogP contribution in [0.25, 0.3) is 0 Å². The molecule has 10 heavy (non-hydrogen) atoms. The molecule has 0 amide bonds. The highest BCUT2D eigenvalue weighted by atomic mass is 16.5. The SMILES string of the molecule is COC[C@@H]1CN[C@@H](C)CO1. The minimum absolute atomic E-state index is 0.251. The summed E-state index contributed by atoms with van der Waals surface area (Å²) in [5.41, 5.74) is 0. The maximum absolute atomic E-state index is 5.44. The van der Waals surface area contributed by atoms with E-state index in [1.807, 2.05) is 0 Å². The fraction of sp³-hybridized carbons (Fsp3) is 1.00. The Morgan fingerprint density at radius 3 is 3.00 bits per heavy atom. The van der Waals surface area contributed by atoms with Gasteiger partial charge in [-0.3, -0.25) is 0 Å². The fourth-order valence-corrected chi connectivity index (χ4v) is 1.02. The van der Waals surface area contributed by atoms with Crippen molar-refractivity contribution in [3.8, 4) is 0 Å². The summed E-state index contributed by atoms with van der Waals surface area (Å²) in [6.07, 6.45) is 0.251. The van der Waals surface area contributed by atoms with Crippen LogP contribution in [0.4, 0.5) is 0 Å². The summed E-state index contributed by atoms with van der Waals surface area (Å²) >= 11 is 0. The van der Waals surface area contributed by atoms with Gasteiger partial charge in [0.15, 0.2) is 0 Å². The van der Waals surface area contributed by atoms with Crippen molar-refractivity contribution in [3.63, 3.8) is 0 Å². The van der Waals surface area contributed by atoms with Gasteiger partial charge < -0.3 is 14.8 Å². The lowest BCUT2D eigenvalue weighted by Gasteiger charge is -2.27. The predicted octanol–water partition coefficient (Wildman–Crippen LogP) is 0.00970. The van der Waals surface area contributed by atoms with E-state index in [1.54, 1.807) is 7.11 Å². The molecule has 0 aromatic rings. The first-order valence-electron chi connectivity index (χ1n) is 3.67. The number of rotatable bonds is 2. The molecule has 0 radical (unpaired) electrons. The lowest BCUT2D eigenvalue weighted by Crippen LogP contribution is -2.46. The second-order valence-corrected chi connectivity index (χ2v) is 2.72. The number of hydrogen-bond acceptors (Lipinski definition) is 3. The molecule has 0 unspecified atom stereocenters. The highest BCUT2D eigenvalue weighted by Crippen LogP contribution is 1.99. The summed E-state index contributed by atoms with van der Waals surface area (Å²) in [5.74, 6) is 0. The topological polar surface area (TPSA) is 30.5 Å². The molecule has 0 aromatic heterocycles. The maximum atomic E-state index is 5.44. The van der Waals surface area contributed by atoms with Crippen LogP contribution in [-0.2, 0) is 9.47 Å². The first kappa shape index (κ1) is 7.98. The first-order chi connectivity index (χ1) is 4.83. The van der Waals surface area contributed by atoms with E-state index in [-0.39, 0.29) is 6.10 Å². The Morgan fingerprint density at radius 2 is 2.50 bits per heavy atom. The van der Waals surface area contributed by atoms with E-state index in [0.29, 0.717) is 12.6 Å². The van der Waals surface area contributed by atoms with Crippen LogP contribution in [0.1, 0.15) is 6.92 Å². The molecule has 60 valence electrons. The minimum Gasteiger partial charge on any atom is -0.382 e. The molecule has 0 saturated carbocycles. The van der Waals surface area contributed by atoms with Gasteiger partial charge in [-0.15, -0.1) is 0 Å². The van der Waals surface area contributed by atoms with E-state index in [0.717, 1.165) is 13.2 Å². The summed E-state index contributed by atoms with van der Waals surface area (Å²) in [7, 11) is 1.70. The molecule has 0 bridgehead atoms. The summed E-state index contributed by atoms with van der Waals surface area (Å²) in [4.78, 5) is 0. The highest BCUT2D eigenvalue weighted by molar-refractivity contribution is 4.71. The number of ether oxygens (including phenoxy) is 2. The molecule has 2 atom stereocenters. The Morgan fingerprint density at radius 1 is 1.70 bits per heavy atom. The number of nitrogens with one attached hydrogen (secondary N) is 1. The van der Waals surface area contributed by atoms with E-state index < -0.39 is 0 Å². The van der Waals surface area contributed by atoms with Crippen molar-refractivity contribution in [2.24, 2.45) is 0 Å². The molecule has 3 nitrogen and oxygen atoms in total.